The molecule has 1 fully saturated rings. The van der Waals surface area contributed by atoms with Crippen LogP contribution in [0.4, 0.5) is 11.4 Å². The lowest BCUT2D eigenvalue weighted by Crippen LogP contribution is -2.43. The van der Waals surface area contributed by atoms with Gasteiger partial charge in [0.2, 0.25) is 5.91 Å². The molecule has 0 spiro atoms. The highest BCUT2D eigenvalue weighted by Gasteiger charge is 2.36. The second-order valence-corrected chi connectivity index (χ2v) is 7.12. The highest BCUT2D eigenvalue weighted by molar-refractivity contribution is 5.98. The summed E-state index contributed by atoms with van der Waals surface area (Å²) in [5.41, 5.74) is 3.61. The first-order chi connectivity index (χ1) is 15.2. The summed E-state index contributed by atoms with van der Waals surface area (Å²) in [4.78, 5) is 59.0. The number of hydrogen-bond acceptors (Lipinski definition) is 7. The highest BCUT2D eigenvalue weighted by Crippen LogP contribution is 2.19. The number of amides is 3. The molecule has 2 aromatic carbocycles. The van der Waals surface area contributed by atoms with Crippen molar-refractivity contribution >= 4 is 35.1 Å². The van der Waals surface area contributed by atoms with Gasteiger partial charge in [-0.2, -0.15) is 0 Å². The van der Waals surface area contributed by atoms with Gasteiger partial charge in [0.25, 0.3) is 17.5 Å². The molecule has 0 bridgehead atoms. The van der Waals surface area contributed by atoms with E-state index in [1.165, 1.54) is 24.3 Å². The number of esters is 1. The number of nitrogens with one attached hydrogen (secondary N) is 2. The maximum absolute atomic E-state index is 12.4. The molecule has 0 unspecified atom stereocenters. The Morgan fingerprint density at radius 1 is 1.19 bits per heavy atom. The lowest BCUT2D eigenvalue weighted by Gasteiger charge is -2.18. The summed E-state index contributed by atoms with van der Waals surface area (Å²) < 4.78 is 4.97. The molecule has 1 heterocycles. The molecule has 166 valence electrons. The smallest absolute Gasteiger partial charge is 0.311 e. The van der Waals surface area contributed by atoms with Crippen LogP contribution in [0.3, 0.4) is 0 Å². The molecule has 1 aliphatic rings. The van der Waals surface area contributed by atoms with Crippen LogP contribution in [-0.2, 0) is 19.1 Å². The lowest BCUT2D eigenvalue weighted by molar-refractivity contribution is -0.384. The summed E-state index contributed by atoms with van der Waals surface area (Å²) >= 11 is 0. The van der Waals surface area contributed by atoms with Gasteiger partial charge in [0, 0.05) is 29.8 Å². The Bertz CT molecular complexity index is 1090. The Morgan fingerprint density at radius 2 is 1.94 bits per heavy atom. The second-order valence-electron chi connectivity index (χ2n) is 7.12. The van der Waals surface area contributed by atoms with Crippen LogP contribution in [0.25, 0.3) is 0 Å². The number of carbonyl (C=O) groups excluding carboxylic acids is 4. The van der Waals surface area contributed by atoms with Crippen LogP contribution in [0.15, 0.2) is 48.5 Å². The molecule has 0 aliphatic carbocycles. The first kappa shape index (κ1) is 22.4. The van der Waals surface area contributed by atoms with Gasteiger partial charge in [-0.25, -0.2) is 0 Å². The van der Waals surface area contributed by atoms with E-state index in [0.717, 1.165) is 10.6 Å². The first-order valence-corrected chi connectivity index (χ1v) is 9.62. The molecule has 2 N–H and O–H groups in total. The normalized spacial score (nSPS) is 15.2. The van der Waals surface area contributed by atoms with Gasteiger partial charge in [-0.15, -0.1) is 0 Å². The lowest BCUT2D eigenvalue weighted by atomic mass is 10.1. The first-order valence-electron chi connectivity index (χ1n) is 9.62. The largest absolute Gasteiger partial charge is 0.455 e. The van der Waals surface area contributed by atoms with Gasteiger partial charge in [-0.3, -0.25) is 39.7 Å². The van der Waals surface area contributed by atoms with E-state index < -0.39 is 41.1 Å². The van der Waals surface area contributed by atoms with E-state index in [1.54, 1.807) is 31.2 Å². The van der Waals surface area contributed by atoms with Crippen LogP contribution in [0.1, 0.15) is 22.3 Å². The summed E-state index contributed by atoms with van der Waals surface area (Å²) in [6.07, 6.45) is -0.167. The Kier molecular flexibility index (Phi) is 6.78. The standard InChI is InChI=1S/C21H20N4O7/c1-13-5-2-3-8-17(13)20(28)23-24-11-14(9-19(24)27)21(29)32-12-18(26)22-15-6-4-7-16(10-15)25(30)31/h2-8,10,14H,9,11-12H2,1H3,(H,22,26)(H,23,28)/t14-/m0/s1. The molecular weight excluding hydrogens is 420 g/mol. The number of rotatable bonds is 7. The number of non-ortho nitro benzene ring substituents is 1. The molecule has 1 atom stereocenters. The predicted molar refractivity (Wildman–Crippen MR) is 111 cm³/mol. The summed E-state index contributed by atoms with van der Waals surface area (Å²) in [7, 11) is 0. The topological polar surface area (TPSA) is 148 Å². The van der Waals surface area contributed by atoms with Crippen molar-refractivity contribution in [3.8, 4) is 0 Å². The zero-order chi connectivity index (χ0) is 23.3. The zero-order valence-electron chi connectivity index (χ0n) is 17.1. The number of nitro groups is 1. The van der Waals surface area contributed by atoms with E-state index in [-0.39, 0.29) is 24.3 Å². The fraction of sp³-hybridized carbons (Fsp3) is 0.238. The third-order valence-corrected chi connectivity index (χ3v) is 4.77. The number of nitrogens with zero attached hydrogens (tertiary/aromatic N) is 2. The van der Waals surface area contributed by atoms with Crippen molar-refractivity contribution in [1.82, 2.24) is 10.4 Å². The molecule has 1 aliphatic heterocycles. The molecule has 3 amide bonds. The number of hydrogen-bond donors (Lipinski definition) is 2. The van der Waals surface area contributed by atoms with Gasteiger partial charge < -0.3 is 10.1 Å². The third-order valence-electron chi connectivity index (χ3n) is 4.77. The number of hydrazine groups is 1. The van der Waals surface area contributed by atoms with Crippen LogP contribution < -0.4 is 10.7 Å². The van der Waals surface area contributed by atoms with Crippen molar-refractivity contribution in [2.45, 2.75) is 13.3 Å². The Balaban J connectivity index is 1.49. The Labute approximate surface area is 182 Å². The molecule has 2 aromatic rings. The van der Waals surface area contributed by atoms with E-state index in [4.69, 9.17) is 4.74 Å². The number of ether oxygens (including phenoxy) is 1. The van der Waals surface area contributed by atoms with E-state index >= 15 is 0 Å². The van der Waals surface area contributed by atoms with Crippen LogP contribution in [0.5, 0.6) is 0 Å². The number of anilines is 1. The van der Waals surface area contributed by atoms with E-state index in [1.807, 2.05) is 0 Å². The molecule has 0 saturated carbocycles. The van der Waals surface area contributed by atoms with Gasteiger partial charge in [0.05, 0.1) is 17.4 Å². The predicted octanol–water partition coefficient (Wildman–Crippen LogP) is 1.58. The molecule has 11 nitrogen and oxygen atoms in total. The SMILES string of the molecule is Cc1ccccc1C(=O)NN1C[C@@H](C(=O)OCC(=O)Nc2cccc([N+](=O)[O-])c2)CC1=O. The Morgan fingerprint density at radius 3 is 2.66 bits per heavy atom. The van der Waals surface area contributed by atoms with Gasteiger partial charge in [0.1, 0.15) is 0 Å². The number of carbonyl (C=O) groups is 4. The fourth-order valence-corrected chi connectivity index (χ4v) is 3.13. The third kappa shape index (κ3) is 5.45. The van der Waals surface area contributed by atoms with Crippen LogP contribution in [-0.4, -0.2) is 46.8 Å². The highest BCUT2D eigenvalue weighted by atomic mass is 16.6. The zero-order valence-corrected chi connectivity index (χ0v) is 17.1. The van der Waals surface area contributed by atoms with Gasteiger partial charge in [0.15, 0.2) is 6.61 Å². The van der Waals surface area contributed by atoms with Crippen LogP contribution >= 0.6 is 0 Å². The van der Waals surface area contributed by atoms with Crippen LogP contribution in [0, 0.1) is 23.0 Å². The molecule has 0 radical (unpaired) electrons. The minimum absolute atomic E-state index is 0.0816. The second kappa shape index (κ2) is 9.69. The van der Waals surface area contributed by atoms with Gasteiger partial charge in [-0.05, 0) is 24.6 Å². The quantitative estimate of drug-likeness (QED) is 0.377. The van der Waals surface area contributed by atoms with Gasteiger partial charge >= 0.3 is 5.97 Å². The van der Waals surface area contributed by atoms with E-state index in [2.05, 4.69) is 10.7 Å². The van der Waals surface area contributed by atoms with Gasteiger partial charge in [-0.1, -0.05) is 24.3 Å². The van der Waals surface area contributed by atoms with E-state index in [9.17, 15) is 29.3 Å². The summed E-state index contributed by atoms with van der Waals surface area (Å²) in [5, 5.41) is 14.2. The summed E-state index contributed by atoms with van der Waals surface area (Å²) in [5.74, 6) is -3.21. The molecule has 11 heteroatoms. The minimum atomic E-state index is -0.842. The maximum Gasteiger partial charge on any atom is 0.311 e. The van der Waals surface area contributed by atoms with E-state index in [0.29, 0.717) is 5.56 Å². The van der Waals surface area contributed by atoms with Crippen molar-refractivity contribution in [2.75, 3.05) is 18.5 Å². The van der Waals surface area contributed by atoms with Crippen molar-refractivity contribution in [3.05, 3.63) is 69.8 Å². The average molecular weight is 440 g/mol. The summed E-state index contributed by atoms with van der Waals surface area (Å²) in [6.45, 7) is 1.06. The maximum atomic E-state index is 12.4. The molecular formula is C21H20N4O7. The van der Waals surface area contributed by atoms with Crippen LogP contribution in [0.2, 0.25) is 0 Å². The minimum Gasteiger partial charge on any atom is -0.455 e. The summed E-state index contributed by atoms with van der Waals surface area (Å²) in [6, 6.07) is 12.2. The van der Waals surface area contributed by atoms with Crippen molar-refractivity contribution in [3.63, 3.8) is 0 Å². The van der Waals surface area contributed by atoms with Crippen molar-refractivity contribution in [1.29, 1.82) is 0 Å². The van der Waals surface area contributed by atoms with Crippen molar-refractivity contribution in [2.24, 2.45) is 5.92 Å². The monoisotopic (exact) mass is 440 g/mol. The molecule has 3 rings (SSSR count). The average Bonchev–Trinajstić information content (AvgIpc) is 3.12. The fourth-order valence-electron chi connectivity index (χ4n) is 3.13. The molecule has 1 saturated heterocycles. The Hall–Kier alpha value is -4.28. The number of nitro benzene ring substituents is 1. The molecule has 32 heavy (non-hydrogen) atoms. The van der Waals surface area contributed by atoms with Crippen molar-refractivity contribution < 1.29 is 28.8 Å². The molecule has 0 aromatic heterocycles. The number of aryl methyl sites for hydroxylation is 1. The number of benzene rings is 2.